The molecule has 0 bridgehead atoms. The number of rotatable bonds is 5. The second-order valence-corrected chi connectivity index (χ2v) is 6.55. The lowest BCUT2D eigenvalue weighted by Crippen LogP contribution is -2.00. The molecule has 2 aromatic rings. The van der Waals surface area contributed by atoms with Crippen molar-refractivity contribution in [3.05, 3.63) is 35.4 Å². The standard InChI is InChI=1S/C11H13N3S3/c1-15-10-13-14-11(17-10)16-7-9-5-3-2-4-8(9)6-12/h2-5H,6-7,12H2,1H3. The van der Waals surface area contributed by atoms with Gasteiger partial charge in [0, 0.05) is 12.3 Å². The lowest BCUT2D eigenvalue weighted by atomic mass is 10.1. The van der Waals surface area contributed by atoms with Crippen LogP contribution in [0.4, 0.5) is 0 Å². The number of aromatic nitrogens is 2. The van der Waals surface area contributed by atoms with Crippen LogP contribution in [0.1, 0.15) is 11.1 Å². The molecule has 2 N–H and O–H groups in total. The van der Waals surface area contributed by atoms with Crippen molar-refractivity contribution in [2.24, 2.45) is 5.73 Å². The summed E-state index contributed by atoms with van der Waals surface area (Å²) >= 11 is 4.98. The highest BCUT2D eigenvalue weighted by Crippen LogP contribution is 2.30. The lowest BCUT2D eigenvalue weighted by Gasteiger charge is -2.05. The van der Waals surface area contributed by atoms with Crippen LogP contribution in [0.15, 0.2) is 32.9 Å². The first-order valence-corrected chi connectivity index (χ1v) is 8.13. The van der Waals surface area contributed by atoms with E-state index in [9.17, 15) is 0 Å². The van der Waals surface area contributed by atoms with Crippen molar-refractivity contribution in [2.45, 2.75) is 21.0 Å². The molecule has 0 amide bonds. The molecule has 1 aromatic heterocycles. The minimum atomic E-state index is 0.586. The predicted octanol–water partition coefficient (Wildman–Crippen LogP) is 3.01. The Labute approximate surface area is 113 Å². The van der Waals surface area contributed by atoms with E-state index in [-0.39, 0.29) is 0 Å². The molecule has 0 aliphatic heterocycles. The molecule has 0 fully saturated rings. The fourth-order valence-corrected chi connectivity index (χ4v) is 3.85. The molecule has 0 aliphatic rings. The van der Waals surface area contributed by atoms with Crippen LogP contribution in [-0.2, 0) is 12.3 Å². The van der Waals surface area contributed by atoms with Crippen LogP contribution in [0, 0.1) is 0 Å². The van der Waals surface area contributed by atoms with Crippen LogP contribution in [0.2, 0.25) is 0 Å². The highest BCUT2D eigenvalue weighted by atomic mass is 32.2. The quantitative estimate of drug-likeness (QED) is 0.855. The van der Waals surface area contributed by atoms with E-state index in [1.54, 1.807) is 34.9 Å². The van der Waals surface area contributed by atoms with E-state index in [1.165, 1.54) is 11.1 Å². The predicted molar refractivity (Wildman–Crippen MR) is 75.6 cm³/mol. The van der Waals surface area contributed by atoms with Gasteiger partial charge in [-0.3, -0.25) is 0 Å². The number of hydrogen-bond donors (Lipinski definition) is 1. The van der Waals surface area contributed by atoms with E-state index < -0.39 is 0 Å². The van der Waals surface area contributed by atoms with Gasteiger partial charge in [0.25, 0.3) is 0 Å². The van der Waals surface area contributed by atoms with E-state index >= 15 is 0 Å². The van der Waals surface area contributed by atoms with Gasteiger partial charge in [0.05, 0.1) is 0 Å². The molecule has 0 atom stereocenters. The van der Waals surface area contributed by atoms with Gasteiger partial charge in [-0.25, -0.2) is 0 Å². The van der Waals surface area contributed by atoms with Gasteiger partial charge in [-0.1, -0.05) is 59.1 Å². The maximum absolute atomic E-state index is 5.71. The highest BCUT2D eigenvalue weighted by molar-refractivity contribution is 8.02. The zero-order chi connectivity index (χ0) is 12.1. The molecule has 6 heteroatoms. The molecule has 1 aromatic carbocycles. The Balaban J connectivity index is 2.01. The summed E-state index contributed by atoms with van der Waals surface area (Å²) in [5.41, 5.74) is 8.19. The first-order valence-electron chi connectivity index (χ1n) is 5.10. The van der Waals surface area contributed by atoms with Gasteiger partial charge in [0.15, 0.2) is 8.68 Å². The molecular formula is C11H13N3S3. The van der Waals surface area contributed by atoms with Crippen molar-refractivity contribution in [2.75, 3.05) is 6.26 Å². The largest absolute Gasteiger partial charge is 0.326 e. The third-order valence-electron chi connectivity index (χ3n) is 2.25. The molecule has 0 saturated heterocycles. The number of nitrogens with zero attached hydrogens (tertiary/aromatic N) is 2. The second-order valence-electron chi connectivity index (χ2n) is 3.30. The monoisotopic (exact) mass is 283 g/mol. The average molecular weight is 283 g/mol. The van der Waals surface area contributed by atoms with Crippen LogP contribution in [0.3, 0.4) is 0 Å². The smallest absolute Gasteiger partial charge is 0.175 e. The summed E-state index contributed by atoms with van der Waals surface area (Å²) in [6.45, 7) is 0.586. The molecule has 0 aliphatic carbocycles. The van der Waals surface area contributed by atoms with Crippen molar-refractivity contribution in [1.29, 1.82) is 0 Å². The van der Waals surface area contributed by atoms with Crippen molar-refractivity contribution >= 4 is 34.9 Å². The van der Waals surface area contributed by atoms with E-state index in [0.29, 0.717) is 6.54 Å². The van der Waals surface area contributed by atoms with Crippen molar-refractivity contribution in [1.82, 2.24) is 10.2 Å². The summed E-state index contributed by atoms with van der Waals surface area (Å²) in [6, 6.07) is 8.25. The minimum Gasteiger partial charge on any atom is -0.326 e. The van der Waals surface area contributed by atoms with Gasteiger partial charge < -0.3 is 5.73 Å². The Morgan fingerprint density at radius 1 is 1.18 bits per heavy atom. The molecule has 3 nitrogen and oxygen atoms in total. The molecule has 0 saturated carbocycles. The highest BCUT2D eigenvalue weighted by Gasteiger charge is 2.05. The van der Waals surface area contributed by atoms with Crippen LogP contribution in [0.5, 0.6) is 0 Å². The summed E-state index contributed by atoms with van der Waals surface area (Å²) in [5.74, 6) is 0.899. The number of thioether (sulfide) groups is 2. The van der Waals surface area contributed by atoms with E-state index in [0.717, 1.165) is 14.4 Å². The Morgan fingerprint density at radius 2 is 1.88 bits per heavy atom. The molecule has 90 valence electrons. The van der Waals surface area contributed by atoms with E-state index in [2.05, 4.69) is 22.3 Å². The van der Waals surface area contributed by atoms with Crippen molar-refractivity contribution < 1.29 is 0 Å². The van der Waals surface area contributed by atoms with Crippen LogP contribution >= 0.6 is 34.9 Å². The normalized spacial score (nSPS) is 10.7. The number of nitrogens with two attached hydrogens (primary N) is 1. The first-order chi connectivity index (χ1) is 8.33. The van der Waals surface area contributed by atoms with Gasteiger partial charge >= 0.3 is 0 Å². The first kappa shape index (κ1) is 12.9. The minimum absolute atomic E-state index is 0.586. The summed E-state index contributed by atoms with van der Waals surface area (Å²) in [6.07, 6.45) is 2.01. The van der Waals surface area contributed by atoms with Gasteiger partial charge in [0.2, 0.25) is 0 Å². The van der Waals surface area contributed by atoms with Gasteiger partial charge in [-0.05, 0) is 17.4 Å². The molecule has 0 radical (unpaired) electrons. The molecule has 1 heterocycles. The topological polar surface area (TPSA) is 51.8 Å². The summed E-state index contributed by atoms with van der Waals surface area (Å²) < 4.78 is 2.03. The number of hydrogen-bond acceptors (Lipinski definition) is 6. The van der Waals surface area contributed by atoms with E-state index in [4.69, 9.17) is 5.73 Å². The van der Waals surface area contributed by atoms with Crippen LogP contribution in [-0.4, -0.2) is 16.5 Å². The molecule has 2 rings (SSSR count). The Kier molecular flexibility index (Phi) is 4.85. The molecule has 0 spiro atoms. The summed E-state index contributed by atoms with van der Waals surface area (Å²) in [4.78, 5) is 0. The maximum Gasteiger partial charge on any atom is 0.175 e. The Bertz CT molecular complexity index is 484. The third kappa shape index (κ3) is 3.45. The lowest BCUT2D eigenvalue weighted by molar-refractivity contribution is 0.955. The Morgan fingerprint density at radius 3 is 2.53 bits per heavy atom. The summed E-state index contributed by atoms with van der Waals surface area (Å²) in [5, 5.41) is 8.21. The van der Waals surface area contributed by atoms with Crippen molar-refractivity contribution in [3.8, 4) is 0 Å². The third-order valence-corrected chi connectivity index (χ3v) is 5.33. The fraction of sp³-hybridized carbons (Fsp3) is 0.273. The van der Waals surface area contributed by atoms with Crippen LogP contribution < -0.4 is 5.73 Å². The second kappa shape index (κ2) is 6.39. The maximum atomic E-state index is 5.71. The molecule has 0 unspecified atom stereocenters. The fourth-order valence-electron chi connectivity index (χ4n) is 1.37. The van der Waals surface area contributed by atoms with Gasteiger partial charge in [-0.15, -0.1) is 10.2 Å². The van der Waals surface area contributed by atoms with E-state index in [1.807, 2.05) is 18.4 Å². The van der Waals surface area contributed by atoms with Crippen LogP contribution in [0.25, 0.3) is 0 Å². The summed E-state index contributed by atoms with van der Waals surface area (Å²) in [7, 11) is 0. The molecular weight excluding hydrogens is 270 g/mol. The SMILES string of the molecule is CSc1nnc(SCc2ccccc2CN)s1. The zero-order valence-electron chi connectivity index (χ0n) is 9.42. The zero-order valence-corrected chi connectivity index (χ0v) is 11.9. The number of benzene rings is 1. The average Bonchev–Trinajstić information content (AvgIpc) is 2.84. The van der Waals surface area contributed by atoms with Gasteiger partial charge in [0.1, 0.15) is 0 Å². The Hall–Kier alpha value is -0.560. The van der Waals surface area contributed by atoms with Crippen molar-refractivity contribution in [3.63, 3.8) is 0 Å². The molecule has 17 heavy (non-hydrogen) atoms. The van der Waals surface area contributed by atoms with Gasteiger partial charge in [-0.2, -0.15) is 0 Å².